The predicted molar refractivity (Wildman–Crippen MR) is 471 cm³/mol. The number of hydrogen-bond acceptors (Lipinski definition) is 23. The van der Waals surface area contributed by atoms with Gasteiger partial charge in [0.05, 0.1) is 19.0 Å². The van der Waals surface area contributed by atoms with E-state index in [9.17, 15) is 96.8 Å². The molecule has 0 bridgehead atoms. The van der Waals surface area contributed by atoms with Crippen molar-refractivity contribution in [3.05, 3.63) is 65.9 Å². The van der Waals surface area contributed by atoms with Crippen molar-refractivity contribution >= 4 is 142 Å². The molecule has 712 valence electrons. The molecule has 5 rings (SSSR count). The average Bonchev–Trinajstić information content (AvgIpc) is 1.68. The number of amides is 15. The van der Waals surface area contributed by atoms with E-state index in [0.717, 1.165) is 0 Å². The molecule has 129 heavy (non-hydrogen) atoms. The maximum Gasteiger partial charge on any atom is 0.326 e. The number of nitrogens with two attached hydrogens (primary N) is 4. The molecule has 3 aromatic rings. The summed E-state index contributed by atoms with van der Waals surface area (Å²) in [4.78, 5) is 254. The third-order valence-electron chi connectivity index (χ3n) is 22.3. The third-order valence-corrected chi connectivity index (χ3v) is 22.6. The molecule has 2 aliphatic heterocycles. The number of fused-ring (bicyclic) bond motifs is 1. The van der Waals surface area contributed by atoms with Crippen molar-refractivity contribution < 1.29 is 107 Å². The van der Waals surface area contributed by atoms with Crippen molar-refractivity contribution in [3.8, 4) is 5.75 Å². The molecule has 3 heterocycles. The fraction of sp³-hybridized carbons (Fsp3) is 0.590. The molecular weight excluding hydrogens is 1700 g/mol. The van der Waals surface area contributed by atoms with Crippen LogP contribution in [0.25, 0.3) is 10.9 Å². The second-order valence-corrected chi connectivity index (χ2v) is 33.2. The van der Waals surface area contributed by atoms with Crippen LogP contribution in [0.5, 0.6) is 5.75 Å². The number of guanidine groups is 2. The van der Waals surface area contributed by atoms with Gasteiger partial charge >= 0.3 is 17.9 Å². The van der Waals surface area contributed by atoms with Crippen LogP contribution < -0.4 is 97.4 Å². The molecule has 1 aromatic heterocycles. The number of carboxylic acid groups (broad SMARTS) is 3. The van der Waals surface area contributed by atoms with Crippen molar-refractivity contribution in [2.75, 3.05) is 38.5 Å². The molecule has 0 unspecified atom stereocenters. The van der Waals surface area contributed by atoms with E-state index < -0.39 is 253 Å². The fourth-order valence-electron chi connectivity index (χ4n) is 14.5. The summed E-state index contributed by atoms with van der Waals surface area (Å²) in [5.41, 5.74) is 23.9. The lowest BCUT2D eigenvalue weighted by molar-refractivity contribution is -0.145. The van der Waals surface area contributed by atoms with Crippen LogP contribution in [-0.4, -0.2) is 277 Å². The molecule has 46 heteroatoms. The first-order valence-electron chi connectivity index (χ1n) is 42.9. The molecule has 0 spiro atoms. The largest absolute Gasteiger partial charge is 0.508 e. The number of likely N-dealkylation sites (tertiary alicyclic amines) is 2. The Balaban J connectivity index is 1.35. The number of H-pyrrole nitrogens is 1. The average molecular weight is 1830 g/mol. The van der Waals surface area contributed by atoms with Crippen LogP contribution in [0.15, 0.2) is 54.7 Å². The van der Waals surface area contributed by atoms with Gasteiger partial charge in [0.2, 0.25) is 88.6 Å². The Bertz CT molecular complexity index is 4480. The van der Waals surface area contributed by atoms with E-state index in [0.29, 0.717) is 28.5 Å². The number of primary amides is 1. The molecule has 15 amide bonds. The first kappa shape index (κ1) is 107. The molecule has 2 fully saturated rings. The number of phenolic OH excluding ortho intramolecular Hbond substituents is 1. The Hall–Kier alpha value is -12.9. The normalized spacial score (nSPS) is 16.8. The monoisotopic (exact) mass is 1830 g/mol. The van der Waals surface area contributed by atoms with Crippen LogP contribution in [-0.2, 0) is 99.1 Å². The van der Waals surface area contributed by atoms with Crippen LogP contribution >= 0.6 is 12.6 Å². The summed E-state index contributed by atoms with van der Waals surface area (Å²) in [5.74, 6) is -22.0. The number of nitrogens with one attached hydrogen (secondary N) is 17. The molecule has 29 N–H and O–H groups in total. The van der Waals surface area contributed by atoms with Gasteiger partial charge < -0.3 is 133 Å². The second kappa shape index (κ2) is 52.4. The van der Waals surface area contributed by atoms with Gasteiger partial charge in [-0.05, 0) is 117 Å². The highest BCUT2D eigenvalue weighted by molar-refractivity contribution is 7.80. The zero-order valence-corrected chi connectivity index (χ0v) is 74.5. The highest BCUT2D eigenvalue weighted by atomic mass is 32.1. The number of thiol groups is 1. The Kier molecular flexibility index (Phi) is 43.3. The summed E-state index contributed by atoms with van der Waals surface area (Å²) in [6, 6.07) is -7.87. The number of carboxylic acids is 3. The molecule has 2 saturated heterocycles. The number of aliphatic carboxylic acids is 3. The molecule has 0 aliphatic carbocycles. The minimum atomic E-state index is -1.80. The van der Waals surface area contributed by atoms with Crippen LogP contribution in [0, 0.1) is 34.5 Å². The van der Waals surface area contributed by atoms with Crippen LogP contribution in [0.3, 0.4) is 0 Å². The Morgan fingerprint density at radius 2 is 0.938 bits per heavy atom. The van der Waals surface area contributed by atoms with E-state index in [1.54, 1.807) is 85.9 Å². The number of hydrogen-bond donors (Lipinski definition) is 26. The number of nitrogens with zero attached hydrogens (tertiary/aromatic N) is 2. The zero-order valence-electron chi connectivity index (χ0n) is 73.6. The predicted octanol–water partition coefficient (Wildman–Crippen LogP) is -4.03. The van der Waals surface area contributed by atoms with E-state index in [2.05, 4.69) is 92.0 Å². The van der Waals surface area contributed by atoms with Gasteiger partial charge in [-0.1, -0.05) is 98.6 Å². The lowest BCUT2D eigenvalue weighted by Gasteiger charge is -2.33. The van der Waals surface area contributed by atoms with E-state index >= 15 is 4.79 Å². The summed E-state index contributed by atoms with van der Waals surface area (Å²) in [6.07, 6.45) is -0.268. The Morgan fingerprint density at radius 3 is 1.46 bits per heavy atom. The lowest BCUT2D eigenvalue weighted by atomic mass is 9.96. The van der Waals surface area contributed by atoms with Gasteiger partial charge in [-0.2, -0.15) is 12.6 Å². The van der Waals surface area contributed by atoms with Crippen LogP contribution in [0.2, 0.25) is 0 Å². The van der Waals surface area contributed by atoms with Gasteiger partial charge in [0.25, 0.3) is 0 Å². The molecule has 16 atom stereocenters. The van der Waals surface area contributed by atoms with E-state index in [1.807, 2.05) is 0 Å². The second-order valence-electron chi connectivity index (χ2n) is 32.9. The van der Waals surface area contributed by atoms with Crippen molar-refractivity contribution in [2.24, 2.45) is 46.6 Å². The number of aromatic amines is 1. The maximum atomic E-state index is 15.1. The van der Waals surface area contributed by atoms with Gasteiger partial charge in [0.15, 0.2) is 11.9 Å². The molecule has 45 nitrogen and oxygen atoms in total. The highest BCUT2D eigenvalue weighted by Crippen LogP contribution is 2.26. The van der Waals surface area contributed by atoms with Crippen molar-refractivity contribution in [3.63, 3.8) is 0 Å². The number of rotatable bonds is 54. The van der Waals surface area contributed by atoms with Crippen molar-refractivity contribution in [1.29, 1.82) is 10.8 Å². The fourth-order valence-corrected chi connectivity index (χ4v) is 14.8. The maximum absolute atomic E-state index is 15.1. The molecule has 0 saturated carbocycles. The van der Waals surface area contributed by atoms with E-state index in [1.165, 1.54) is 34.1 Å². The number of carbonyl (C=O) groups is 18. The molecular formula is C83H127N23O22S. The van der Waals surface area contributed by atoms with Gasteiger partial charge in [-0.15, -0.1) is 0 Å². The smallest absolute Gasteiger partial charge is 0.326 e. The highest BCUT2D eigenvalue weighted by Gasteiger charge is 2.45. The number of para-hydroxylation sites is 1. The summed E-state index contributed by atoms with van der Waals surface area (Å²) >= 11 is 4.30. The topological polar surface area (TPSA) is 731 Å². The number of aromatic nitrogens is 1. The number of benzene rings is 2. The Morgan fingerprint density at radius 1 is 0.488 bits per heavy atom. The molecule has 2 aromatic carbocycles. The van der Waals surface area contributed by atoms with E-state index in [-0.39, 0.29) is 121 Å². The van der Waals surface area contributed by atoms with Crippen LogP contribution in [0.1, 0.15) is 163 Å². The van der Waals surface area contributed by atoms with Gasteiger partial charge in [-0.25, -0.2) is 4.79 Å². The minimum absolute atomic E-state index is 0.00339. The minimum Gasteiger partial charge on any atom is -0.508 e. The summed E-state index contributed by atoms with van der Waals surface area (Å²) in [5, 5.41) is 90.5. The van der Waals surface area contributed by atoms with Crippen LogP contribution in [0.4, 0.5) is 0 Å². The first-order chi connectivity index (χ1) is 60.9. The Labute approximate surface area is 751 Å². The zero-order chi connectivity index (χ0) is 96.2. The quantitative estimate of drug-likeness (QED) is 0.0111. The van der Waals surface area contributed by atoms with Crippen molar-refractivity contribution in [1.82, 2.24) is 89.2 Å². The van der Waals surface area contributed by atoms with Gasteiger partial charge in [0, 0.05) is 74.7 Å². The van der Waals surface area contributed by atoms with E-state index in [4.69, 9.17) is 38.9 Å². The van der Waals surface area contributed by atoms with Gasteiger partial charge in [0.1, 0.15) is 84.3 Å². The number of phenols is 1. The summed E-state index contributed by atoms with van der Waals surface area (Å²) in [7, 11) is 0. The van der Waals surface area contributed by atoms with Gasteiger partial charge in [-0.3, -0.25) is 92.3 Å². The molecule has 2 aliphatic rings. The third kappa shape index (κ3) is 34.0. The summed E-state index contributed by atoms with van der Waals surface area (Å²) in [6.45, 7) is 12.2. The number of carbonyl (C=O) groups excluding carboxylic acids is 15. The standard InChI is InChI=1S/C83H127N23O22S/c1-9-43(7)66(78(124)100-57(40-129)79(125)105-33-15-21-58(105)74(120)97-53(81(127)128)20-14-32-91-83(88)89)103-73(119)56(37-60(85)108)94-61(109)39-93-69(115)54(35-45-23-25-47(107)26-24-45)99-77(123)65(42(5)6)101-70(116)51(19-13-31-90-82(86)87)96-76(122)64(41(3)4)102-72(118)55(36-46-38-92-50-18-12-11-17-48(46)50)98-75(121)59-22-16-34-106(59)80(126)67(44(8)10-2)104-71(117)52(28-30-63(112)113)95-68(114)49(84)27-29-62(110)111/h11-12,17-18,23-26,38,41-44,49,51-59,64-67,92,107,129H,9-10,13-16,19-22,27-37,39-40,84H2,1-8H3,(H2,85,108)(H,93,115)(H,94,109)(H,95,114)(H,96,122)(H,97,120)(H,98,121)(H,99,123)(H,100,124)(H,101,116)(H,102,118)(H,103,119)(H,104,117)(H,110,111)(H,112,113)(H,127,128)(H4,86,87,90)(H4,88,89,91)/t43-,44-,49-,51-,52-,53-,54-,55-,56-,57-,58-,59-,64-,65-,66-,67-/m0/s1. The van der Waals surface area contributed by atoms with Crippen molar-refractivity contribution in [2.45, 2.75) is 249 Å². The number of aromatic hydroxyl groups is 1. The molecule has 0 radical (unpaired) electrons. The summed E-state index contributed by atoms with van der Waals surface area (Å²) < 4.78 is 0. The first-order valence-corrected chi connectivity index (χ1v) is 43.5. The lowest BCUT2D eigenvalue weighted by Crippen LogP contribution is -2.62. The SMILES string of the molecule is CC[C@H](C)[C@H](NC(=O)[C@H](CC(N)=O)NC(=O)CNC(=O)[C@H](Cc1ccc(O)cc1)NC(=O)[C@@H](NC(=O)[C@H](CCCNC(=N)N)NC(=O)[C@@H](NC(=O)[C@H](Cc1c[nH]c2ccccc12)NC(=O)[C@@H]1CCCN1C(=O)[C@@H](NC(=O)[C@H](CCC(=O)O)NC(=O)[C@@H](N)CCC(=O)O)[C@@H](C)CC)C(C)C)C(C)C)C(=O)N[C@@H](CS)C(=O)N1CCC[C@H]1C(=O)N[C@@H](CCCNC(=N)N)C(=O)O.